The number of nitrogens with zero attached hydrogens (tertiary/aromatic N) is 5. The Morgan fingerprint density at radius 3 is 2.69 bits per heavy atom. The van der Waals surface area contributed by atoms with Gasteiger partial charge in [0, 0.05) is 51.4 Å². The highest BCUT2D eigenvalue weighted by Gasteiger charge is 2.38. The number of nitrogens with one attached hydrogen (secondary N) is 1. The van der Waals surface area contributed by atoms with Gasteiger partial charge in [0.05, 0.1) is 35.4 Å². The second-order valence-corrected chi connectivity index (χ2v) is 8.27. The molecule has 0 amide bonds. The molecule has 29 heavy (non-hydrogen) atoms. The summed E-state index contributed by atoms with van der Waals surface area (Å²) in [5.41, 5.74) is 2.23. The summed E-state index contributed by atoms with van der Waals surface area (Å²) in [6.07, 6.45) is 7.31. The van der Waals surface area contributed by atoms with Crippen LogP contribution in [0.25, 0.3) is 16.9 Å². The Morgan fingerprint density at radius 1 is 1.17 bits per heavy atom. The van der Waals surface area contributed by atoms with Crippen LogP contribution in [0.5, 0.6) is 0 Å². The van der Waals surface area contributed by atoms with Gasteiger partial charge in [-0.15, -0.1) is 0 Å². The van der Waals surface area contributed by atoms with Gasteiger partial charge in [-0.25, -0.2) is 9.50 Å². The highest BCUT2D eigenvalue weighted by molar-refractivity contribution is 5.75. The van der Waals surface area contributed by atoms with Crippen LogP contribution >= 0.6 is 0 Å². The fourth-order valence-corrected chi connectivity index (χ4v) is 4.81. The van der Waals surface area contributed by atoms with Gasteiger partial charge in [-0.2, -0.15) is 10.2 Å². The monoisotopic (exact) mass is 396 g/mol. The molecular formula is C20H24N6O3. The molecule has 3 aliphatic heterocycles. The van der Waals surface area contributed by atoms with Crippen molar-refractivity contribution in [2.45, 2.75) is 43.5 Å². The van der Waals surface area contributed by atoms with Crippen LogP contribution in [0, 0.1) is 0 Å². The van der Waals surface area contributed by atoms with Crippen molar-refractivity contribution in [3.05, 3.63) is 30.2 Å². The molecule has 2 N–H and O–H groups in total. The van der Waals surface area contributed by atoms with E-state index in [-0.39, 0.29) is 12.2 Å². The number of hydrogen-bond donors (Lipinski definition) is 2. The fraction of sp³-hybridized carbons (Fsp3) is 0.550. The van der Waals surface area contributed by atoms with Crippen LogP contribution in [-0.2, 0) is 15.1 Å². The van der Waals surface area contributed by atoms with Gasteiger partial charge in [0.25, 0.3) is 0 Å². The normalized spacial score (nSPS) is 26.3. The lowest BCUT2D eigenvalue weighted by atomic mass is 9.90. The Balaban J connectivity index is 1.52. The van der Waals surface area contributed by atoms with E-state index in [9.17, 15) is 5.11 Å². The summed E-state index contributed by atoms with van der Waals surface area (Å²) >= 11 is 0. The maximum absolute atomic E-state index is 11.5. The quantitative estimate of drug-likeness (QED) is 0.692. The lowest BCUT2D eigenvalue weighted by Gasteiger charge is -2.35. The second-order valence-electron chi connectivity index (χ2n) is 8.27. The van der Waals surface area contributed by atoms with Gasteiger partial charge in [-0.05, 0) is 18.9 Å². The third-order valence-electron chi connectivity index (χ3n) is 6.41. The SMILES string of the molecule is OC1(c2cc(N3CC4CCC(C3)O4)nc3c(-c4ccn[nH]4)cnn23)CCOCC1. The summed E-state index contributed by atoms with van der Waals surface area (Å²) in [4.78, 5) is 7.27. The molecule has 6 rings (SSSR count). The average Bonchev–Trinajstić information content (AvgIpc) is 3.47. The van der Waals surface area contributed by atoms with E-state index < -0.39 is 5.60 Å². The predicted molar refractivity (Wildman–Crippen MR) is 105 cm³/mol. The Bertz CT molecular complexity index is 1010. The molecule has 3 saturated heterocycles. The third kappa shape index (κ3) is 2.84. The lowest BCUT2D eigenvalue weighted by molar-refractivity contribution is -0.0717. The van der Waals surface area contributed by atoms with Gasteiger partial charge in [-0.3, -0.25) is 5.10 Å². The average molecular weight is 396 g/mol. The zero-order valence-corrected chi connectivity index (χ0v) is 16.1. The maximum Gasteiger partial charge on any atom is 0.167 e. The molecule has 9 heteroatoms. The van der Waals surface area contributed by atoms with E-state index in [2.05, 4.69) is 20.2 Å². The van der Waals surface area contributed by atoms with Crippen molar-refractivity contribution in [3.63, 3.8) is 0 Å². The van der Waals surface area contributed by atoms with Crippen LogP contribution in [0.3, 0.4) is 0 Å². The summed E-state index contributed by atoms with van der Waals surface area (Å²) < 4.78 is 13.3. The first-order valence-corrected chi connectivity index (χ1v) is 10.3. The van der Waals surface area contributed by atoms with Crippen molar-refractivity contribution < 1.29 is 14.6 Å². The van der Waals surface area contributed by atoms with E-state index >= 15 is 0 Å². The molecule has 6 heterocycles. The summed E-state index contributed by atoms with van der Waals surface area (Å²) in [6, 6.07) is 3.91. The first-order chi connectivity index (χ1) is 14.2. The Hall–Kier alpha value is -2.49. The first-order valence-electron chi connectivity index (χ1n) is 10.3. The third-order valence-corrected chi connectivity index (χ3v) is 6.41. The summed E-state index contributed by atoms with van der Waals surface area (Å²) in [5.74, 6) is 0.869. The predicted octanol–water partition coefficient (Wildman–Crippen LogP) is 1.48. The topological polar surface area (TPSA) is 101 Å². The van der Waals surface area contributed by atoms with Crippen molar-refractivity contribution in [1.82, 2.24) is 24.8 Å². The van der Waals surface area contributed by atoms with Crippen molar-refractivity contribution in [3.8, 4) is 11.3 Å². The summed E-state index contributed by atoms with van der Waals surface area (Å²) in [5, 5.41) is 23.1. The standard InChI is InChI=1S/C20H24N6O3/c27-20(4-7-28-8-5-20)17-9-18(25-11-13-1-2-14(12-25)29-13)23-19-15(10-22-26(17)19)16-3-6-21-24-16/h3,6,9-10,13-14,27H,1-2,4-5,7-8,11-12H2,(H,21,24). The van der Waals surface area contributed by atoms with Crippen molar-refractivity contribution >= 4 is 11.5 Å². The second kappa shape index (κ2) is 6.51. The molecule has 0 spiro atoms. The van der Waals surface area contributed by atoms with E-state index in [1.54, 1.807) is 16.9 Å². The number of aliphatic hydroxyl groups is 1. The molecular weight excluding hydrogens is 372 g/mol. The number of aromatic nitrogens is 5. The number of hydrogen-bond acceptors (Lipinski definition) is 7. The first kappa shape index (κ1) is 17.4. The van der Waals surface area contributed by atoms with Crippen LogP contribution in [-0.4, -0.2) is 68.4 Å². The number of ether oxygens (including phenoxy) is 2. The van der Waals surface area contributed by atoms with Crippen LogP contribution in [0.2, 0.25) is 0 Å². The molecule has 2 bridgehead atoms. The summed E-state index contributed by atoms with van der Waals surface area (Å²) in [6.45, 7) is 2.72. The molecule has 0 aromatic carbocycles. The maximum atomic E-state index is 11.5. The van der Waals surface area contributed by atoms with Gasteiger partial charge in [0.1, 0.15) is 11.4 Å². The van der Waals surface area contributed by atoms with E-state index in [0.29, 0.717) is 26.1 Å². The Labute approximate surface area is 167 Å². The number of morpholine rings is 1. The highest BCUT2D eigenvalue weighted by atomic mass is 16.5. The van der Waals surface area contributed by atoms with Crippen LogP contribution in [0.4, 0.5) is 5.82 Å². The molecule has 0 saturated carbocycles. The van der Waals surface area contributed by atoms with Gasteiger partial charge < -0.3 is 19.5 Å². The van der Waals surface area contributed by atoms with Crippen LogP contribution in [0.1, 0.15) is 31.4 Å². The molecule has 3 aromatic rings. The van der Waals surface area contributed by atoms with Crippen LogP contribution in [0.15, 0.2) is 24.5 Å². The molecule has 3 aromatic heterocycles. The van der Waals surface area contributed by atoms with Gasteiger partial charge in [-0.1, -0.05) is 0 Å². The summed E-state index contributed by atoms with van der Waals surface area (Å²) in [7, 11) is 0. The largest absolute Gasteiger partial charge is 0.383 e. The zero-order chi connectivity index (χ0) is 19.4. The van der Waals surface area contributed by atoms with E-state index in [0.717, 1.165) is 54.3 Å². The van der Waals surface area contributed by atoms with Gasteiger partial charge in [0.2, 0.25) is 0 Å². The molecule has 0 radical (unpaired) electrons. The zero-order valence-electron chi connectivity index (χ0n) is 16.1. The van der Waals surface area contributed by atoms with Crippen molar-refractivity contribution in [2.24, 2.45) is 0 Å². The molecule has 2 atom stereocenters. The van der Waals surface area contributed by atoms with E-state index in [1.165, 1.54) is 0 Å². The number of anilines is 1. The Morgan fingerprint density at radius 2 is 1.97 bits per heavy atom. The fourth-order valence-electron chi connectivity index (χ4n) is 4.81. The van der Waals surface area contributed by atoms with Crippen molar-refractivity contribution in [1.29, 1.82) is 0 Å². The number of rotatable bonds is 3. The number of fused-ring (bicyclic) bond motifs is 3. The minimum Gasteiger partial charge on any atom is -0.383 e. The number of aromatic amines is 1. The van der Waals surface area contributed by atoms with Gasteiger partial charge in [0.15, 0.2) is 5.65 Å². The number of H-pyrrole nitrogens is 1. The van der Waals surface area contributed by atoms with E-state index in [1.807, 2.05) is 12.1 Å². The molecule has 3 fully saturated rings. The minimum absolute atomic E-state index is 0.262. The van der Waals surface area contributed by atoms with E-state index in [4.69, 9.17) is 14.5 Å². The molecule has 0 aliphatic carbocycles. The Kier molecular flexibility index (Phi) is 3.90. The molecule has 152 valence electrons. The molecule has 9 nitrogen and oxygen atoms in total. The molecule has 2 unspecified atom stereocenters. The lowest BCUT2D eigenvalue weighted by Crippen LogP contribution is -2.43. The minimum atomic E-state index is -0.989. The highest BCUT2D eigenvalue weighted by Crippen LogP contribution is 2.37. The smallest absolute Gasteiger partial charge is 0.167 e. The van der Waals surface area contributed by atoms with Gasteiger partial charge >= 0.3 is 0 Å². The van der Waals surface area contributed by atoms with Crippen LogP contribution < -0.4 is 4.90 Å². The molecule has 3 aliphatic rings. The van der Waals surface area contributed by atoms with Crippen molar-refractivity contribution in [2.75, 3.05) is 31.2 Å².